The predicted octanol–water partition coefficient (Wildman–Crippen LogP) is 2.11. The Kier molecular flexibility index (Phi) is 2.46. The monoisotopic (exact) mass is 255 g/mol. The average Bonchev–Trinajstić information content (AvgIpc) is 2.56. The van der Waals surface area contributed by atoms with E-state index in [1.807, 2.05) is 6.07 Å². The molecule has 1 amide bonds. The fourth-order valence-electron chi connectivity index (χ4n) is 1.65. The summed E-state index contributed by atoms with van der Waals surface area (Å²) in [5.41, 5.74) is 0.783. The van der Waals surface area contributed by atoms with Gasteiger partial charge in [-0.1, -0.05) is 15.9 Å². The molecule has 2 N–H and O–H groups in total. The standard InChI is InChI=1S/C10H10BrNO2/c11-6-1-3-9(13)7(5-6)8-2-4-10(14)12-8/h1,3,5,8,13H,2,4H2,(H,12,14). The first kappa shape index (κ1) is 9.52. The van der Waals surface area contributed by atoms with Crippen LogP contribution in [0.3, 0.4) is 0 Å². The van der Waals surface area contributed by atoms with Gasteiger partial charge in [0.05, 0.1) is 6.04 Å². The Morgan fingerprint density at radius 3 is 2.93 bits per heavy atom. The molecule has 0 spiro atoms. The molecule has 0 bridgehead atoms. The number of hydrogen-bond donors (Lipinski definition) is 2. The Labute approximate surface area is 90.3 Å². The van der Waals surface area contributed by atoms with Crippen LogP contribution in [0.4, 0.5) is 0 Å². The summed E-state index contributed by atoms with van der Waals surface area (Å²) in [4.78, 5) is 11.0. The first-order valence-corrected chi connectivity index (χ1v) is 5.24. The Bertz CT molecular complexity index is 378. The summed E-state index contributed by atoms with van der Waals surface area (Å²) in [6, 6.07) is 5.20. The number of phenolic OH excluding ortho intramolecular Hbond substituents is 1. The maximum atomic E-state index is 11.0. The number of carbonyl (C=O) groups excluding carboxylic acids is 1. The zero-order valence-electron chi connectivity index (χ0n) is 7.46. The van der Waals surface area contributed by atoms with Gasteiger partial charge in [0, 0.05) is 16.5 Å². The lowest BCUT2D eigenvalue weighted by molar-refractivity contribution is -0.119. The first-order chi connectivity index (χ1) is 6.66. The number of hydrogen-bond acceptors (Lipinski definition) is 2. The van der Waals surface area contributed by atoms with Gasteiger partial charge in [-0.15, -0.1) is 0 Å². The van der Waals surface area contributed by atoms with Crippen LogP contribution in [0.15, 0.2) is 22.7 Å². The number of rotatable bonds is 1. The molecule has 3 nitrogen and oxygen atoms in total. The largest absolute Gasteiger partial charge is 0.508 e. The normalized spacial score (nSPS) is 20.9. The highest BCUT2D eigenvalue weighted by molar-refractivity contribution is 9.10. The highest BCUT2D eigenvalue weighted by atomic mass is 79.9. The maximum Gasteiger partial charge on any atom is 0.220 e. The van der Waals surface area contributed by atoms with Crippen molar-refractivity contribution in [1.82, 2.24) is 5.32 Å². The van der Waals surface area contributed by atoms with E-state index in [1.165, 1.54) is 0 Å². The van der Waals surface area contributed by atoms with Crippen LogP contribution in [0, 0.1) is 0 Å². The molecule has 1 heterocycles. The van der Waals surface area contributed by atoms with Crippen LogP contribution >= 0.6 is 15.9 Å². The van der Waals surface area contributed by atoms with Crippen molar-refractivity contribution in [3.8, 4) is 5.75 Å². The molecule has 14 heavy (non-hydrogen) atoms. The Morgan fingerprint density at radius 2 is 2.29 bits per heavy atom. The first-order valence-electron chi connectivity index (χ1n) is 4.44. The van der Waals surface area contributed by atoms with Crippen LogP contribution in [-0.2, 0) is 4.79 Å². The SMILES string of the molecule is O=C1CCC(c2cc(Br)ccc2O)N1. The van der Waals surface area contributed by atoms with Gasteiger partial charge in [0.15, 0.2) is 0 Å². The average molecular weight is 256 g/mol. The molecule has 1 aliphatic rings. The Balaban J connectivity index is 2.31. The molecule has 1 saturated heterocycles. The molecule has 1 aliphatic heterocycles. The summed E-state index contributed by atoms with van der Waals surface area (Å²) in [5.74, 6) is 0.287. The topological polar surface area (TPSA) is 49.3 Å². The quantitative estimate of drug-likeness (QED) is 0.808. The number of nitrogens with one attached hydrogen (secondary N) is 1. The summed E-state index contributed by atoms with van der Waals surface area (Å²) >= 11 is 3.33. The number of benzene rings is 1. The summed E-state index contributed by atoms with van der Waals surface area (Å²) in [6.45, 7) is 0. The lowest BCUT2D eigenvalue weighted by atomic mass is 10.0. The third-order valence-electron chi connectivity index (χ3n) is 2.36. The van der Waals surface area contributed by atoms with E-state index in [9.17, 15) is 9.90 Å². The molecule has 0 saturated carbocycles. The molecule has 0 aliphatic carbocycles. The lowest BCUT2D eigenvalue weighted by Crippen LogP contribution is -2.18. The molecule has 0 radical (unpaired) electrons. The second kappa shape index (κ2) is 3.61. The van der Waals surface area contributed by atoms with E-state index in [2.05, 4.69) is 21.2 Å². The van der Waals surface area contributed by atoms with E-state index in [0.29, 0.717) is 6.42 Å². The van der Waals surface area contributed by atoms with Crippen molar-refractivity contribution in [3.63, 3.8) is 0 Å². The van der Waals surface area contributed by atoms with E-state index in [1.54, 1.807) is 12.1 Å². The van der Waals surface area contributed by atoms with E-state index in [-0.39, 0.29) is 17.7 Å². The van der Waals surface area contributed by atoms with Crippen LogP contribution in [0.2, 0.25) is 0 Å². The third kappa shape index (κ3) is 1.75. The molecule has 1 fully saturated rings. The molecule has 0 aromatic heterocycles. The maximum absolute atomic E-state index is 11.0. The van der Waals surface area contributed by atoms with Gasteiger partial charge in [-0.25, -0.2) is 0 Å². The van der Waals surface area contributed by atoms with Crippen molar-refractivity contribution in [1.29, 1.82) is 0 Å². The van der Waals surface area contributed by atoms with Gasteiger partial charge in [-0.3, -0.25) is 4.79 Å². The lowest BCUT2D eigenvalue weighted by Gasteiger charge is -2.12. The summed E-state index contributed by atoms with van der Waals surface area (Å²) in [5, 5.41) is 12.4. The van der Waals surface area contributed by atoms with Crippen molar-refractivity contribution in [3.05, 3.63) is 28.2 Å². The van der Waals surface area contributed by atoms with E-state index in [4.69, 9.17) is 0 Å². The number of halogens is 1. The summed E-state index contributed by atoms with van der Waals surface area (Å²) < 4.78 is 0.909. The van der Waals surface area contributed by atoms with Gasteiger partial charge in [-0.05, 0) is 24.6 Å². The smallest absolute Gasteiger partial charge is 0.220 e. The van der Waals surface area contributed by atoms with Gasteiger partial charge in [0.25, 0.3) is 0 Å². The molecule has 1 aromatic carbocycles. The Hall–Kier alpha value is -1.03. The second-order valence-corrected chi connectivity index (χ2v) is 4.28. The summed E-state index contributed by atoms with van der Waals surface area (Å²) in [7, 11) is 0. The zero-order valence-corrected chi connectivity index (χ0v) is 9.04. The van der Waals surface area contributed by atoms with Crippen molar-refractivity contribution < 1.29 is 9.90 Å². The van der Waals surface area contributed by atoms with Crippen LogP contribution in [0.5, 0.6) is 5.75 Å². The molecule has 4 heteroatoms. The number of aromatic hydroxyl groups is 1. The van der Waals surface area contributed by atoms with Gasteiger partial charge in [0.1, 0.15) is 5.75 Å². The molecular weight excluding hydrogens is 246 g/mol. The van der Waals surface area contributed by atoms with Crippen LogP contribution in [-0.4, -0.2) is 11.0 Å². The molecule has 74 valence electrons. The fourth-order valence-corrected chi connectivity index (χ4v) is 2.03. The second-order valence-electron chi connectivity index (χ2n) is 3.36. The molecule has 1 unspecified atom stereocenters. The van der Waals surface area contributed by atoms with Crippen molar-refractivity contribution in [2.45, 2.75) is 18.9 Å². The fraction of sp³-hybridized carbons (Fsp3) is 0.300. The highest BCUT2D eigenvalue weighted by Gasteiger charge is 2.24. The third-order valence-corrected chi connectivity index (χ3v) is 2.85. The van der Waals surface area contributed by atoms with Crippen molar-refractivity contribution in [2.24, 2.45) is 0 Å². The van der Waals surface area contributed by atoms with Gasteiger partial charge in [-0.2, -0.15) is 0 Å². The Morgan fingerprint density at radius 1 is 1.50 bits per heavy atom. The number of amides is 1. The van der Waals surface area contributed by atoms with E-state index >= 15 is 0 Å². The van der Waals surface area contributed by atoms with Gasteiger partial charge in [0.2, 0.25) is 5.91 Å². The van der Waals surface area contributed by atoms with E-state index < -0.39 is 0 Å². The van der Waals surface area contributed by atoms with Crippen molar-refractivity contribution in [2.75, 3.05) is 0 Å². The zero-order chi connectivity index (χ0) is 10.1. The van der Waals surface area contributed by atoms with Gasteiger partial charge < -0.3 is 10.4 Å². The predicted molar refractivity (Wildman–Crippen MR) is 55.9 cm³/mol. The van der Waals surface area contributed by atoms with E-state index in [0.717, 1.165) is 16.5 Å². The van der Waals surface area contributed by atoms with Crippen LogP contribution < -0.4 is 5.32 Å². The number of phenols is 1. The molecule has 2 rings (SSSR count). The summed E-state index contributed by atoms with van der Waals surface area (Å²) in [6.07, 6.45) is 1.29. The van der Waals surface area contributed by atoms with Crippen molar-refractivity contribution >= 4 is 21.8 Å². The van der Waals surface area contributed by atoms with Crippen LogP contribution in [0.25, 0.3) is 0 Å². The van der Waals surface area contributed by atoms with Gasteiger partial charge >= 0.3 is 0 Å². The van der Waals surface area contributed by atoms with Crippen LogP contribution in [0.1, 0.15) is 24.4 Å². The molecule has 1 atom stereocenters. The highest BCUT2D eigenvalue weighted by Crippen LogP contribution is 2.32. The molecular formula is C10H10BrNO2. The number of carbonyl (C=O) groups is 1. The minimum absolute atomic E-state index is 0.0417. The minimum atomic E-state index is -0.0417. The molecule has 1 aromatic rings. The minimum Gasteiger partial charge on any atom is -0.508 e.